The van der Waals surface area contributed by atoms with Gasteiger partial charge in [0.2, 0.25) is 0 Å². The zero-order valence-corrected chi connectivity index (χ0v) is 10.0. The third-order valence-corrected chi connectivity index (χ3v) is 3.74. The van der Waals surface area contributed by atoms with Crippen molar-refractivity contribution in [1.29, 1.82) is 0 Å². The van der Waals surface area contributed by atoms with Gasteiger partial charge < -0.3 is 15.0 Å². The topological polar surface area (TPSA) is 24.5 Å². The highest BCUT2D eigenvalue weighted by Gasteiger charge is 2.25. The minimum Gasteiger partial charge on any atom is -0.377 e. The van der Waals surface area contributed by atoms with Crippen molar-refractivity contribution in [3.8, 4) is 0 Å². The van der Waals surface area contributed by atoms with E-state index in [4.69, 9.17) is 4.74 Å². The molecule has 1 N–H and O–H groups in total. The van der Waals surface area contributed by atoms with Crippen molar-refractivity contribution in [3.63, 3.8) is 0 Å². The van der Waals surface area contributed by atoms with Crippen LogP contribution in [0, 0.1) is 5.92 Å². The highest BCUT2D eigenvalue weighted by molar-refractivity contribution is 4.83. The van der Waals surface area contributed by atoms with Crippen LogP contribution in [0.3, 0.4) is 0 Å². The van der Waals surface area contributed by atoms with Crippen LogP contribution in [-0.2, 0) is 4.74 Å². The molecule has 3 nitrogen and oxygen atoms in total. The van der Waals surface area contributed by atoms with Gasteiger partial charge in [0.05, 0.1) is 6.10 Å². The van der Waals surface area contributed by atoms with Gasteiger partial charge in [0.1, 0.15) is 0 Å². The molecule has 3 unspecified atom stereocenters. The number of hydrogen-bond acceptors (Lipinski definition) is 3. The predicted octanol–water partition coefficient (Wildman–Crippen LogP) is 1.10. The lowest BCUT2D eigenvalue weighted by atomic mass is 10.0. The lowest BCUT2D eigenvalue weighted by molar-refractivity contribution is 0.0778. The van der Waals surface area contributed by atoms with Crippen molar-refractivity contribution >= 4 is 0 Å². The van der Waals surface area contributed by atoms with Crippen LogP contribution in [0.15, 0.2) is 0 Å². The summed E-state index contributed by atoms with van der Waals surface area (Å²) in [6, 6.07) is 0.691. The molecular formula is C12H24N2O. The summed E-state index contributed by atoms with van der Waals surface area (Å²) in [5.41, 5.74) is 0. The summed E-state index contributed by atoms with van der Waals surface area (Å²) in [6.07, 6.45) is 4.32. The van der Waals surface area contributed by atoms with Gasteiger partial charge in [-0.25, -0.2) is 0 Å². The molecule has 0 aliphatic carbocycles. The van der Waals surface area contributed by atoms with Crippen LogP contribution >= 0.6 is 0 Å². The van der Waals surface area contributed by atoms with Crippen LogP contribution in [-0.4, -0.2) is 50.3 Å². The molecule has 0 bridgehead atoms. The summed E-state index contributed by atoms with van der Waals surface area (Å²) < 4.78 is 5.65. The lowest BCUT2D eigenvalue weighted by Crippen LogP contribution is -2.41. The molecule has 0 amide bonds. The van der Waals surface area contributed by atoms with E-state index in [0.29, 0.717) is 12.1 Å². The van der Waals surface area contributed by atoms with Crippen LogP contribution in [0.25, 0.3) is 0 Å². The lowest BCUT2D eigenvalue weighted by Gasteiger charge is -2.25. The molecule has 2 aliphatic rings. The molecule has 3 heteroatoms. The second kappa shape index (κ2) is 5.28. The molecule has 0 aromatic carbocycles. The molecule has 2 rings (SSSR count). The maximum Gasteiger partial charge on any atom is 0.0702 e. The van der Waals surface area contributed by atoms with Crippen LogP contribution in [0.5, 0.6) is 0 Å². The second-order valence-corrected chi connectivity index (χ2v) is 5.18. The third kappa shape index (κ3) is 3.16. The molecule has 0 radical (unpaired) electrons. The molecule has 0 saturated carbocycles. The van der Waals surface area contributed by atoms with E-state index in [1.165, 1.54) is 32.4 Å². The van der Waals surface area contributed by atoms with E-state index in [1.54, 1.807) is 0 Å². The van der Waals surface area contributed by atoms with E-state index >= 15 is 0 Å². The number of ether oxygens (including phenoxy) is 1. The third-order valence-electron chi connectivity index (χ3n) is 3.74. The molecular weight excluding hydrogens is 188 g/mol. The quantitative estimate of drug-likeness (QED) is 0.755. The average Bonchev–Trinajstić information content (AvgIpc) is 2.79. The summed E-state index contributed by atoms with van der Waals surface area (Å²) in [6.45, 7) is 6.78. The Morgan fingerprint density at radius 2 is 2.20 bits per heavy atom. The summed E-state index contributed by atoms with van der Waals surface area (Å²) >= 11 is 0. The number of rotatable bonds is 4. The Hall–Kier alpha value is -0.120. The molecule has 88 valence electrons. The SMILES string of the molecule is CC1CCNC1CN(C)CC1CCCO1. The molecule has 15 heavy (non-hydrogen) atoms. The maximum atomic E-state index is 5.65. The van der Waals surface area contributed by atoms with Gasteiger partial charge in [0.15, 0.2) is 0 Å². The normalized spacial score (nSPS) is 36.6. The van der Waals surface area contributed by atoms with E-state index in [1.807, 2.05) is 0 Å². The van der Waals surface area contributed by atoms with Gasteiger partial charge in [0, 0.05) is 25.7 Å². The van der Waals surface area contributed by atoms with Gasteiger partial charge >= 0.3 is 0 Å². The Bertz CT molecular complexity index is 192. The fourth-order valence-electron chi connectivity index (χ4n) is 2.69. The standard InChI is InChI=1S/C12H24N2O/c1-10-5-6-13-12(10)9-14(2)8-11-4-3-7-15-11/h10-13H,3-9H2,1-2H3. The Morgan fingerprint density at radius 3 is 2.80 bits per heavy atom. The molecule has 2 saturated heterocycles. The first kappa shape index (κ1) is 11.4. The summed E-state index contributed by atoms with van der Waals surface area (Å²) in [5.74, 6) is 0.831. The summed E-state index contributed by atoms with van der Waals surface area (Å²) in [7, 11) is 2.22. The highest BCUT2D eigenvalue weighted by Crippen LogP contribution is 2.17. The number of hydrogen-bond donors (Lipinski definition) is 1. The minimum absolute atomic E-state index is 0.492. The zero-order valence-electron chi connectivity index (χ0n) is 10.0. The van der Waals surface area contributed by atoms with E-state index in [-0.39, 0.29) is 0 Å². The Labute approximate surface area is 93.2 Å². The smallest absolute Gasteiger partial charge is 0.0702 e. The Kier molecular flexibility index (Phi) is 4.00. The van der Waals surface area contributed by atoms with Crippen molar-refractivity contribution in [2.45, 2.75) is 38.3 Å². The van der Waals surface area contributed by atoms with Gasteiger partial charge in [-0.1, -0.05) is 6.92 Å². The van der Waals surface area contributed by atoms with Crippen molar-refractivity contribution < 1.29 is 4.74 Å². The van der Waals surface area contributed by atoms with Gasteiger partial charge in [-0.15, -0.1) is 0 Å². The van der Waals surface area contributed by atoms with Crippen molar-refractivity contribution in [1.82, 2.24) is 10.2 Å². The molecule has 0 aromatic rings. The van der Waals surface area contributed by atoms with Gasteiger partial charge in [-0.05, 0) is 38.8 Å². The Balaban J connectivity index is 1.69. The molecule has 2 aliphatic heterocycles. The van der Waals surface area contributed by atoms with Gasteiger partial charge in [-0.2, -0.15) is 0 Å². The second-order valence-electron chi connectivity index (χ2n) is 5.18. The first-order valence-corrected chi connectivity index (χ1v) is 6.29. The van der Waals surface area contributed by atoms with Crippen molar-refractivity contribution in [2.75, 3.05) is 33.3 Å². The predicted molar refractivity (Wildman–Crippen MR) is 62.0 cm³/mol. The average molecular weight is 212 g/mol. The molecule has 0 spiro atoms. The zero-order chi connectivity index (χ0) is 10.7. The number of likely N-dealkylation sites (N-methyl/N-ethyl adjacent to an activating group) is 1. The monoisotopic (exact) mass is 212 g/mol. The molecule has 2 fully saturated rings. The van der Waals surface area contributed by atoms with Gasteiger partial charge in [-0.3, -0.25) is 0 Å². The summed E-state index contributed by atoms with van der Waals surface area (Å²) in [4.78, 5) is 2.43. The number of nitrogens with one attached hydrogen (secondary N) is 1. The minimum atomic E-state index is 0.492. The first-order valence-electron chi connectivity index (χ1n) is 6.29. The van der Waals surface area contributed by atoms with E-state index in [2.05, 4.69) is 24.2 Å². The fourth-order valence-corrected chi connectivity index (χ4v) is 2.69. The summed E-state index contributed by atoms with van der Waals surface area (Å²) in [5, 5.41) is 3.58. The fraction of sp³-hybridized carbons (Fsp3) is 1.00. The van der Waals surface area contributed by atoms with Crippen molar-refractivity contribution in [3.05, 3.63) is 0 Å². The van der Waals surface area contributed by atoms with Crippen LogP contribution < -0.4 is 5.32 Å². The van der Waals surface area contributed by atoms with E-state index in [9.17, 15) is 0 Å². The first-order chi connectivity index (χ1) is 7.25. The molecule has 2 heterocycles. The van der Waals surface area contributed by atoms with Crippen LogP contribution in [0.1, 0.15) is 26.2 Å². The molecule has 0 aromatic heterocycles. The Morgan fingerprint density at radius 1 is 1.33 bits per heavy atom. The highest BCUT2D eigenvalue weighted by atomic mass is 16.5. The van der Waals surface area contributed by atoms with E-state index < -0.39 is 0 Å². The number of nitrogens with zero attached hydrogens (tertiary/aromatic N) is 1. The van der Waals surface area contributed by atoms with Crippen molar-refractivity contribution in [2.24, 2.45) is 5.92 Å². The molecule has 3 atom stereocenters. The van der Waals surface area contributed by atoms with Crippen LogP contribution in [0.4, 0.5) is 0 Å². The van der Waals surface area contributed by atoms with Crippen LogP contribution in [0.2, 0.25) is 0 Å². The largest absolute Gasteiger partial charge is 0.377 e. The maximum absolute atomic E-state index is 5.65. The van der Waals surface area contributed by atoms with E-state index in [0.717, 1.165) is 19.1 Å². The van der Waals surface area contributed by atoms with Gasteiger partial charge in [0.25, 0.3) is 0 Å².